The molecule has 2 aromatic rings. The molecule has 0 radical (unpaired) electrons. The second kappa shape index (κ2) is 4.09. The highest BCUT2D eigenvalue weighted by Crippen LogP contribution is 2.23. The van der Waals surface area contributed by atoms with E-state index >= 15 is 0 Å². The molecular formula is C14H13N3. The zero-order valence-electron chi connectivity index (χ0n) is 9.72. The Hall–Kier alpha value is -2.03. The Kier molecular flexibility index (Phi) is 2.44. The average molecular weight is 223 g/mol. The fraction of sp³-hybridized carbons (Fsp3) is 0.214. The van der Waals surface area contributed by atoms with Crippen molar-refractivity contribution in [3.8, 4) is 11.1 Å². The third kappa shape index (κ3) is 1.84. The molecule has 3 heterocycles. The van der Waals surface area contributed by atoms with E-state index in [1.54, 1.807) is 0 Å². The van der Waals surface area contributed by atoms with Crippen LogP contribution in [0.15, 0.2) is 35.7 Å². The van der Waals surface area contributed by atoms with Crippen LogP contribution < -0.4 is 0 Å². The fourth-order valence-corrected chi connectivity index (χ4v) is 2.08. The molecule has 17 heavy (non-hydrogen) atoms. The standard InChI is InChI=1S/C14H13N3/c1-10-2-4-16-9-13(10)11-6-12-7-15-5-3-14(12)17-8-11/h2,4,6-9H,3,5H2,1H3. The van der Waals surface area contributed by atoms with Crippen molar-refractivity contribution >= 4 is 6.21 Å². The van der Waals surface area contributed by atoms with Crippen molar-refractivity contribution in [2.75, 3.05) is 6.54 Å². The lowest BCUT2D eigenvalue weighted by molar-refractivity contribution is 0.906. The Labute approximate surface area is 100 Å². The summed E-state index contributed by atoms with van der Waals surface area (Å²) < 4.78 is 0. The summed E-state index contributed by atoms with van der Waals surface area (Å²) in [5.74, 6) is 0. The van der Waals surface area contributed by atoms with E-state index in [0.717, 1.165) is 35.3 Å². The van der Waals surface area contributed by atoms with E-state index < -0.39 is 0 Å². The predicted molar refractivity (Wildman–Crippen MR) is 68.4 cm³/mol. The van der Waals surface area contributed by atoms with Crippen LogP contribution in [0.3, 0.4) is 0 Å². The average Bonchev–Trinajstić information content (AvgIpc) is 2.39. The van der Waals surface area contributed by atoms with E-state index in [0.29, 0.717) is 0 Å². The molecule has 0 fully saturated rings. The first kappa shape index (κ1) is 10.1. The Morgan fingerprint density at radius 3 is 3.06 bits per heavy atom. The van der Waals surface area contributed by atoms with Gasteiger partial charge in [-0.25, -0.2) is 0 Å². The van der Waals surface area contributed by atoms with Gasteiger partial charge in [0.15, 0.2) is 0 Å². The number of nitrogens with zero attached hydrogens (tertiary/aromatic N) is 3. The van der Waals surface area contributed by atoms with Gasteiger partial charge in [-0.2, -0.15) is 0 Å². The van der Waals surface area contributed by atoms with Crippen molar-refractivity contribution in [3.63, 3.8) is 0 Å². The van der Waals surface area contributed by atoms with E-state index in [9.17, 15) is 0 Å². The number of hydrogen-bond acceptors (Lipinski definition) is 3. The van der Waals surface area contributed by atoms with Crippen LogP contribution in [0.1, 0.15) is 16.8 Å². The highest BCUT2D eigenvalue weighted by molar-refractivity contribution is 5.84. The summed E-state index contributed by atoms with van der Waals surface area (Å²) >= 11 is 0. The topological polar surface area (TPSA) is 38.1 Å². The van der Waals surface area contributed by atoms with Crippen LogP contribution in [-0.2, 0) is 6.42 Å². The van der Waals surface area contributed by atoms with Crippen molar-refractivity contribution in [1.29, 1.82) is 0 Å². The van der Waals surface area contributed by atoms with Gasteiger partial charge in [-0.1, -0.05) is 0 Å². The molecule has 0 saturated carbocycles. The Balaban J connectivity index is 2.12. The molecule has 0 amide bonds. The number of aliphatic imine (C=N–C) groups is 1. The highest BCUT2D eigenvalue weighted by Gasteiger charge is 2.09. The van der Waals surface area contributed by atoms with Crippen molar-refractivity contribution in [1.82, 2.24) is 9.97 Å². The Bertz CT molecular complexity index is 588. The minimum absolute atomic E-state index is 0.852. The smallest absolute Gasteiger partial charge is 0.0510 e. The number of aromatic nitrogens is 2. The molecule has 0 bridgehead atoms. The molecule has 0 spiro atoms. The minimum atomic E-state index is 0.852. The lowest BCUT2D eigenvalue weighted by atomic mass is 10.0. The lowest BCUT2D eigenvalue weighted by Crippen LogP contribution is -2.05. The SMILES string of the molecule is Cc1ccncc1-c1cnc2c(c1)C=NCC2. The molecule has 3 heteroatoms. The van der Waals surface area contributed by atoms with Crippen LogP contribution in [0.5, 0.6) is 0 Å². The largest absolute Gasteiger partial charge is 0.292 e. The highest BCUT2D eigenvalue weighted by atomic mass is 14.8. The molecule has 1 aliphatic rings. The van der Waals surface area contributed by atoms with Gasteiger partial charge in [0.2, 0.25) is 0 Å². The maximum atomic E-state index is 4.52. The summed E-state index contributed by atoms with van der Waals surface area (Å²) in [4.78, 5) is 13.0. The van der Waals surface area contributed by atoms with Crippen LogP contribution in [-0.4, -0.2) is 22.7 Å². The summed E-state index contributed by atoms with van der Waals surface area (Å²) in [6.45, 7) is 2.94. The zero-order valence-corrected chi connectivity index (χ0v) is 9.72. The zero-order chi connectivity index (χ0) is 11.7. The number of pyridine rings is 2. The summed E-state index contributed by atoms with van der Waals surface area (Å²) in [5, 5.41) is 0. The second-order valence-corrected chi connectivity index (χ2v) is 4.24. The molecule has 84 valence electrons. The number of aryl methyl sites for hydroxylation is 1. The van der Waals surface area contributed by atoms with Crippen LogP contribution in [0, 0.1) is 6.92 Å². The maximum absolute atomic E-state index is 4.52. The monoisotopic (exact) mass is 223 g/mol. The number of fused-ring (bicyclic) bond motifs is 1. The molecule has 0 saturated heterocycles. The van der Waals surface area contributed by atoms with E-state index in [1.807, 2.05) is 30.9 Å². The van der Waals surface area contributed by atoms with Gasteiger partial charge in [0.05, 0.1) is 5.69 Å². The summed E-state index contributed by atoms with van der Waals surface area (Å²) in [5.41, 5.74) is 5.75. The van der Waals surface area contributed by atoms with Crippen molar-refractivity contribution in [3.05, 3.63) is 47.5 Å². The van der Waals surface area contributed by atoms with Crippen molar-refractivity contribution < 1.29 is 0 Å². The first-order valence-corrected chi connectivity index (χ1v) is 5.74. The molecular weight excluding hydrogens is 210 g/mol. The molecule has 0 atom stereocenters. The van der Waals surface area contributed by atoms with Crippen molar-refractivity contribution in [2.24, 2.45) is 4.99 Å². The van der Waals surface area contributed by atoms with Crippen LogP contribution >= 0.6 is 0 Å². The van der Waals surface area contributed by atoms with E-state index in [1.165, 1.54) is 5.56 Å². The number of hydrogen-bond donors (Lipinski definition) is 0. The van der Waals surface area contributed by atoms with Gasteiger partial charge in [0.1, 0.15) is 0 Å². The lowest BCUT2D eigenvalue weighted by Gasteiger charge is -2.11. The van der Waals surface area contributed by atoms with Gasteiger partial charge in [-0.3, -0.25) is 15.0 Å². The van der Waals surface area contributed by atoms with E-state index in [4.69, 9.17) is 0 Å². The van der Waals surface area contributed by atoms with Gasteiger partial charge < -0.3 is 0 Å². The Morgan fingerprint density at radius 1 is 1.24 bits per heavy atom. The van der Waals surface area contributed by atoms with Crippen LogP contribution in [0.25, 0.3) is 11.1 Å². The molecule has 0 aliphatic carbocycles. The number of rotatable bonds is 1. The van der Waals surface area contributed by atoms with Gasteiger partial charge in [-0.05, 0) is 24.6 Å². The second-order valence-electron chi connectivity index (χ2n) is 4.24. The van der Waals surface area contributed by atoms with Crippen LogP contribution in [0.2, 0.25) is 0 Å². The molecule has 3 nitrogen and oxygen atoms in total. The molecule has 3 rings (SSSR count). The molecule has 0 unspecified atom stereocenters. The maximum Gasteiger partial charge on any atom is 0.0510 e. The van der Waals surface area contributed by atoms with Gasteiger partial charge in [-0.15, -0.1) is 0 Å². The van der Waals surface area contributed by atoms with E-state index in [2.05, 4.69) is 28.0 Å². The Morgan fingerprint density at radius 2 is 2.18 bits per heavy atom. The van der Waals surface area contributed by atoms with E-state index in [-0.39, 0.29) is 0 Å². The van der Waals surface area contributed by atoms with Gasteiger partial charge in [0, 0.05) is 54.5 Å². The minimum Gasteiger partial charge on any atom is -0.292 e. The molecule has 0 N–H and O–H groups in total. The summed E-state index contributed by atoms with van der Waals surface area (Å²) in [7, 11) is 0. The summed E-state index contributed by atoms with van der Waals surface area (Å²) in [6, 6.07) is 4.16. The van der Waals surface area contributed by atoms with Gasteiger partial charge in [0.25, 0.3) is 0 Å². The van der Waals surface area contributed by atoms with Gasteiger partial charge >= 0.3 is 0 Å². The molecule has 0 aromatic carbocycles. The third-order valence-corrected chi connectivity index (χ3v) is 3.06. The normalized spacial score (nSPS) is 13.5. The summed E-state index contributed by atoms with van der Waals surface area (Å²) in [6.07, 6.45) is 8.49. The third-order valence-electron chi connectivity index (χ3n) is 3.06. The quantitative estimate of drug-likeness (QED) is 0.744. The predicted octanol–water partition coefficient (Wildman–Crippen LogP) is 2.43. The van der Waals surface area contributed by atoms with Crippen LogP contribution in [0.4, 0.5) is 0 Å². The first-order chi connectivity index (χ1) is 8.34. The molecule has 1 aliphatic heterocycles. The van der Waals surface area contributed by atoms with Crippen molar-refractivity contribution in [2.45, 2.75) is 13.3 Å². The fourth-order valence-electron chi connectivity index (χ4n) is 2.08. The first-order valence-electron chi connectivity index (χ1n) is 5.74. The molecule has 2 aromatic heterocycles.